The molecule has 0 aliphatic heterocycles. The highest BCUT2D eigenvalue weighted by molar-refractivity contribution is 7.15. The Balaban J connectivity index is 1.62. The van der Waals surface area contributed by atoms with E-state index in [4.69, 9.17) is 0 Å². The fourth-order valence-electron chi connectivity index (χ4n) is 1.68. The van der Waals surface area contributed by atoms with Gasteiger partial charge in [0.15, 0.2) is 0 Å². The van der Waals surface area contributed by atoms with E-state index in [0.29, 0.717) is 5.13 Å². The molecule has 3 aromatic rings. The van der Waals surface area contributed by atoms with Gasteiger partial charge in [0.2, 0.25) is 11.0 Å². The van der Waals surface area contributed by atoms with Crippen molar-refractivity contribution in [3.8, 4) is 10.6 Å². The van der Waals surface area contributed by atoms with Crippen LogP contribution < -0.4 is 5.32 Å². The maximum Gasteiger partial charge on any atom is 0.232 e. The lowest BCUT2D eigenvalue weighted by Crippen LogP contribution is -2.14. The van der Waals surface area contributed by atoms with Crippen molar-refractivity contribution in [1.82, 2.24) is 15.2 Å². The van der Waals surface area contributed by atoms with Crippen molar-refractivity contribution in [2.45, 2.75) is 19.8 Å². The van der Waals surface area contributed by atoms with E-state index in [1.807, 2.05) is 23.8 Å². The molecule has 21 heavy (non-hydrogen) atoms. The number of thiophene rings is 1. The van der Waals surface area contributed by atoms with Crippen molar-refractivity contribution < 1.29 is 4.79 Å². The molecule has 0 aliphatic rings. The van der Waals surface area contributed by atoms with Gasteiger partial charge < -0.3 is 5.32 Å². The maximum absolute atomic E-state index is 12.0. The predicted molar refractivity (Wildman–Crippen MR) is 87.0 cm³/mol. The van der Waals surface area contributed by atoms with Crippen LogP contribution in [0.4, 0.5) is 5.13 Å². The SMILES string of the molecule is CCc1nnc(NC(=O)Cc2csc(-c3ccsc3)n2)s1. The lowest BCUT2D eigenvalue weighted by atomic mass is 10.3. The topological polar surface area (TPSA) is 67.8 Å². The number of rotatable bonds is 5. The second-order valence-electron chi connectivity index (χ2n) is 4.24. The molecule has 3 aromatic heterocycles. The summed E-state index contributed by atoms with van der Waals surface area (Å²) >= 11 is 4.60. The summed E-state index contributed by atoms with van der Waals surface area (Å²) in [5.41, 5.74) is 1.88. The van der Waals surface area contributed by atoms with Gasteiger partial charge in [0, 0.05) is 16.3 Å². The molecular formula is C13H12N4OS3. The first-order valence-corrected chi connectivity index (χ1v) is 8.97. The van der Waals surface area contributed by atoms with Crippen LogP contribution in [0.2, 0.25) is 0 Å². The average molecular weight is 336 g/mol. The van der Waals surface area contributed by atoms with Crippen LogP contribution in [0.3, 0.4) is 0 Å². The Hall–Kier alpha value is -1.64. The van der Waals surface area contributed by atoms with Crippen LogP contribution in [0.25, 0.3) is 10.6 Å². The summed E-state index contributed by atoms with van der Waals surface area (Å²) in [4.78, 5) is 16.5. The molecule has 0 unspecified atom stereocenters. The van der Waals surface area contributed by atoms with Crippen molar-refractivity contribution in [2.24, 2.45) is 0 Å². The number of carbonyl (C=O) groups excluding carboxylic acids is 1. The molecular weight excluding hydrogens is 324 g/mol. The van der Waals surface area contributed by atoms with Gasteiger partial charge in [0.25, 0.3) is 0 Å². The van der Waals surface area contributed by atoms with E-state index >= 15 is 0 Å². The van der Waals surface area contributed by atoms with Crippen LogP contribution in [0, 0.1) is 0 Å². The largest absolute Gasteiger partial charge is 0.300 e. The van der Waals surface area contributed by atoms with Gasteiger partial charge in [-0.2, -0.15) is 11.3 Å². The molecule has 3 heterocycles. The minimum absolute atomic E-state index is 0.115. The first-order valence-electron chi connectivity index (χ1n) is 6.34. The predicted octanol–water partition coefficient (Wildman–Crippen LogP) is 3.47. The zero-order valence-corrected chi connectivity index (χ0v) is 13.6. The van der Waals surface area contributed by atoms with E-state index in [0.717, 1.165) is 27.7 Å². The third-order valence-electron chi connectivity index (χ3n) is 2.68. The number of nitrogens with zero attached hydrogens (tertiary/aromatic N) is 3. The molecule has 0 radical (unpaired) electrons. The van der Waals surface area contributed by atoms with Crippen LogP contribution >= 0.6 is 34.0 Å². The molecule has 5 nitrogen and oxygen atoms in total. The summed E-state index contributed by atoms with van der Waals surface area (Å²) in [5.74, 6) is -0.115. The van der Waals surface area contributed by atoms with Crippen molar-refractivity contribution in [1.29, 1.82) is 0 Å². The molecule has 0 atom stereocenters. The van der Waals surface area contributed by atoms with Crippen LogP contribution in [0.1, 0.15) is 17.6 Å². The Morgan fingerprint density at radius 1 is 1.33 bits per heavy atom. The Morgan fingerprint density at radius 3 is 2.95 bits per heavy atom. The maximum atomic E-state index is 12.0. The molecule has 0 aromatic carbocycles. The molecule has 1 amide bonds. The molecule has 3 rings (SSSR count). The first kappa shape index (κ1) is 14.3. The van der Waals surface area contributed by atoms with Crippen LogP contribution in [0.15, 0.2) is 22.2 Å². The lowest BCUT2D eigenvalue weighted by Gasteiger charge is -1.98. The molecule has 0 spiro atoms. The minimum atomic E-state index is -0.115. The van der Waals surface area contributed by atoms with Crippen LogP contribution in [0.5, 0.6) is 0 Å². The molecule has 8 heteroatoms. The van der Waals surface area contributed by atoms with Gasteiger partial charge in [-0.25, -0.2) is 4.98 Å². The number of aromatic nitrogens is 3. The number of anilines is 1. The van der Waals surface area contributed by atoms with Crippen LogP contribution in [-0.2, 0) is 17.6 Å². The smallest absolute Gasteiger partial charge is 0.232 e. The lowest BCUT2D eigenvalue weighted by molar-refractivity contribution is -0.115. The number of nitrogens with one attached hydrogen (secondary N) is 1. The second kappa shape index (κ2) is 6.42. The normalized spacial score (nSPS) is 10.7. The third-order valence-corrected chi connectivity index (χ3v) is 5.28. The summed E-state index contributed by atoms with van der Waals surface area (Å²) in [6, 6.07) is 2.03. The van der Waals surface area contributed by atoms with Gasteiger partial charge in [-0.3, -0.25) is 4.79 Å². The van der Waals surface area contributed by atoms with Gasteiger partial charge in [0.05, 0.1) is 12.1 Å². The van der Waals surface area contributed by atoms with Crippen LogP contribution in [-0.4, -0.2) is 21.1 Å². The molecule has 108 valence electrons. The second-order valence-corrected chi connectivity index (χ2v) is 6.94. The van der Waals surface area contributed by atoms with Gasteiger partial charge in [-0.05, 0) is 17.9 Å². The van der Waals surface area contributed by atoms with Crippen molar-refractivity contribution in [3.63, 3.8) is 0 Å². The summed E-state index contributed by atoms with van der Waals surface area (Å²) in [6.07, 6.45) is 1.07. The van der Waals surface area contributed by atoms with Crippen molar-refractivity contribution in [3.05, 3.63) is 32.9 Å². The number of amides is 1. The zero-order chi connectivity index (χ0) is 14.7. The van der Waals surface area contributed by atoms with Gasteiger partial charge >= 0.3 is 0 Å². The van der Waals surface area contributed by atoms with E-state index in [-0.39, 0.29) is 12.3 Å². The molecule has 0 aliphatic carbocycles. The van der Waals surface area contributed by atoms with E-state index < -0.39 is 0 Å². The number of hydrogen-bond donors (Lipinski definition) is 1. The molecule has 0 fully saturated rings. The molecule has 0 saturated heterocycles. The van der Waals surface area contributed by atoms with E-state index in [9.17, 15) is 4.79 Å². The fraction of sp³-hybridized carbons (Fsp3) is 0.231. The highest BCUT2D eigenvalue weighted by Crippen LogP contribution is 2.26. The molecule has 0 saturated carbocycles. The quantitative estimate of drug-likeness (QED) is 0.775. The highest BCUT2D eigenvalue weighted by Gasteiger charge is 2.11. The fourth-order valence-corrected chi connectivity index (χ4v) is 3.91. The summed E-state index contributed by atoms with van der Waals surface area (Å²) in [5, 5.41) is 19.1. The monoisotopic (exact) mass is 336 g/mol. The Kier molecular flexibility index (Phi) is 4.37. The van der Waals surface area contributed by atoms with E-state index in [2.05, 4.69) is 25.9 Å². The Labute approximate surface area is 133 Å². The standard InChI is InChI=1S/C13H12N4OS3/c1-2-11-16-17-13(21-11)15-10(18)5-9-7-20-12(14-9)8-3-4-19-6-8/h3-4,6-7H,2,5H2,1H3,(H,15,17,18). The summed E-state index contributed by atoms with van der Waals surface area (Å²) in [7, 11) is 0. The van der Waals surface area contributed by atoms with Gasteiger partial charge in [-0.1, -0.05) is 18.3 Å². The van der Waals surface area contributed by atoms with Crippen molar-refractivity contribution in [2.75, 3.05) is 5.32 Å². The van der Waals surface area contributed by atoms with E-state index in [1.165, 1.54) is 11.3 Å². The average Bonchev–Trinajstić information content (AvgIpc) is 3.19. The van der Waals surface area contributed by atoms with Gasteiger partial charge in [0.1, 0.15) is 10.0 Å². The first-order chi connectivity index (χ1) is 10.2. The summed E-state index contributed by atoms with van der Waals surface area (Å²) < 4.78 is 0. The number of aryl methyl sites for hydroxylation is 1. The van der Waals surface area contributed by atoms with Gasteiger partial charge in [-0.15, -0.1) is 21.5 Å². The molecule has 1 N–H and O–H groups in total. The third kappa shape index (κ3) is 3.52. The Bertz CT molecular complexity index is 732. The highest BCUT2D eigenvalue weighted by atomic mass is 32.1. The minimum Gasteiger partial charge on any atom is -0.300 e. The number of hydrogen-bond acceptors (Lipinski definition) is 7. The zero-order valence-electron chi connectivity index (χ0n) is 11.2. The number of thiazole rings is 1. The van der Waals surface area contributed by atoms with E-state index in [1.54, 1.807) is 22.7 Å². The Morgan fingerprint density at radius 2 is 2.24 bits per heavy atom. The molecule has 0 bridgehead atoms. The van der Waals surface area contributed by atoms with Crippen molar-refractivity contribution >= 4 is 45.0 Å². The number of carbonyl (C=O) groups is 1. The summed E-state index contributed by atoms with van der Waals surface area (Å²) in [6.45, 7) is 2.01.